The highest BCUT2D eigenvalue weighted by atomic mass is 35.5. The van der Waals surface area contributed by atoms with E-state index in [1.165, 1.54) is 33.2 Å². The lowest BCUT2D eigenvalue weighted by atomic mass is 10.0. The van der Waals surface area contributed by atoms with Crippen LogP contribution in [0.15, 0.2) is 78.9 Å². The Kier molecular flexibility index (Phi) is 9.21. The molecule has 1 aliphatic rings. The molecule has 0 N–H and O–H groups in total. The zero-order valence-electron chi connectivity index (χ0n) is 20.1. The lowest BCUT2D eigenvalue weighted by molar-refractivity contribution is 0.244. The van der Waals surface area contributed by atoms with Crippen molar-refractivity contribution in [2.45, 2.75) is 39.5 Å². The van der Waals surface area contributed by atoms with Gasteiger partial charge < -0.3 is 9.47 Å². The molecule has 5 heteroatoms. The summed E-state index contributed by atoms with van der Waals surface area (Å²) in [5, 5.41) is 1.45. The summed E-state index contributed by atoms with van der Waals surface area (Å²) in [6.07, 6.45) is 1.14. The van der Waals surface area contributed by atoms with Crippen LogP contribution in [-0.4, -0.2) is 34.5 Å². The van der Waals surface area contributed by atoms with E-state index in [4.69, 9.17) is 0 Å². The number of benzene rings is 3. The second-order valence-corrected chi connectivity index (χ2v) is 9.27. The van der Waals surface area contributed by atoms with Gasteiger partial charge in [0, 0.05) is 62.3 Å². The smallest absolute Gasteiger partial charge is 0.0486 e. The van der Waals surface area contributed by atoms with Crippen molar-refractivity contribution in [2.24, 2.45) is 0 Å². The van der Waals surface area contributed by atoms with Gasteiger partial charge in [-0.15, -0.1) is 24.8 Å². The molecule has 0 aliphatic carbocycles. The number of aromatic nitrogens is 1. The first-order valence-corrected chi connectivity index (χ1v) is 11.8. The molecule has 1 aliphatic heterocycles. The third kappa shape index (κ3) is 5.84. The average Bonchev–Trinajstić information content (AvgIpc) is 3.11. The molecule has 0 unspecified atom stereocenters. The maximum atomic E-state index is 2.61. The van der Waals surface area contributed by atoms with Gasteiger partial charge in [0.05, 0.1) is 0 Å². The van der Waals surface area contributed by atoms with Crippen molar-refractivity contribution >= 4 is 35.7 Å². The molecule has 34 heavy (non-hydrogen) atoms. The van der Waals surface area contributed by atoms with Gasteiger partial charge in [0.2, 0.25) is 0 Å². The normalized spacial score (nSPS) is 13.4. The number of nitrogens with zero attached hydrogens (tertiary/aromatic N) is 3. The first-order valence-electron chi connectivity index (χ1n) is 11.8. The summed E-state index contributed by atoms with van der Waals surface area (Å²) in [7, 11) is 2.24. The molecular weight excluding hydrogens is 461 g/mol. The number of aryl methyl sites for hydroxylation is 1. The van der Waals surface area contributed by atoms with E-state index >= 15 is 0 Å². The summed E-state index contributed by atoms with van der Waals surface area (Å²) in [6.45, 7) is 8.40. The van der Waals surface area contributed by atoms with Crippen molar-refractivity contribution < 1.29 is 0 Å². The maximum absolute atomic E-state index is 2.61. The molecule has 3 nitrogen and oxygen atoms in total. The second kappa shape index (κ2) is 11.9. The summed E-state index contributed by atoms with van der Waals surface area (Å²) in [6, 6.07) is 28.7. The van der Waals surface area contributed by atoms with Gasteiger partial charge in [-0.05, 0) is 42.8 Å². The van der Waals surface area contributed by atoms with E-state index in [0.29, 0.717) is 0 Å². The molecule has 0 fully saturated rings. The summed E-state index contributed by atoms with van der Waals surface area (Å²) in [4.78, 5) is 5.04. The van der Waals surface area contributed by atoms with E-state index in [-0.39, 0.29) is 24.8 Å². The van der Waals surface area contributed by atoms with Gasteiger partial charge in [0.25, 0.3) is 0 Å². The number of halogens is 2. The van der Waals surface area contributed by atoms with Crippen molar-refractivity contribution in [1.29, 1.82) is 0 Å². The monoisotopic (exact) mass is 495 g/mol. The SMILES string of the molecule is Cc1ccc2c(c1)c1c(n2CCN(Cc2ccccc2)Cc2ccccc2)CCN(C)C1.Cl.Cl. The third-order valence-electron chi connectivity index (χ3n) is 6.74. The Labute approximate surface area is 216 Å². The highest BCUT2D eigenvalue weighted by molar-refractivity contribution is 5.86. The Morgan fingerprint density at radius 2 is 1.44 bits per heavy atom. The quantitative estimate of drug-likeness (QED) is 0.290. The molecule has 0 saturated heterocycles. The van der Waals surface area contributed by atoms with Crippen LogP contribution in [0, 0.1) is 6.92 Å². The zero-order valence-corrected chi connectivity index (χ0v) is 21.7. The molecule has 0 radical (unpaired) electrons. The first kappa shape index (κ1) is 26.3. The average molecular weight is 497 g/mol. The number of hydrogen-bond donors (Lipinski definition) is 0. The molecule has 5 rings (SSSR count). The van der Waals surface area contributed by atoms with Crippen LogP contribution in [0.3, 0.4) is 0 Å². The molecule has 0 saturated carbocycles. The Bertz CT molecular complexity index is 1150. The molecule has 0 bridgehead atoms. The second-order valence-electron chi connectivity index (χ2n) is 9.27. The minimum Gasteiger partial charge on any atom is -0.343 e. The molecule has 3 aromatic carbocycles. The maximum Gasteiger partial charge on any atom is 0.0486 e. The van der Waals surface area contributed by atoms with Crippen LogP contribution in [0.1, 0.15) is 27.9 Å². The first-order chi connectivity index (χ1) is 15.7. The minimum absolute atomic E-state index is 0. The van der Waals surface area contributed by atoms with E-state index in [9.17, 15) is 0 Å². The summed E-state index contributed by atoms with van der Waals surface area (Å²) >= 11 is 0. The van der Waals surface area contributed by atoms with Crippen LogP contribution < -0.4 is 0 Å². The molecule has 4 aromatic rings. The fourth-order valence-corrected chi connectivity index (χ4v) is 5.09. The van der Waals surface area contributed by atoms with Gasteiger partial charge in [-0.1, -0.05) is 72.3 Å². The molecule has 180 valence electrons. The minimum atomic E-state index is 0. The number of rotatable bonds is 7. The van der Waals surface area contributed by atoms with E-state index in [2.05, 4.69) is 107 Å². The Morgan fingerprint density at radius 1 is 0.824 bits per heavy atom. The predicted molar refractivity (Wildman–Crippen MR) is 148 cm³/mol. The van der Waals surface area contributed by atoms with E-state index in [1.54, 1.807) is 5.69 Å². The molecule has 0 atom stereocenters. The van der Waals surface area contributed by atoms with Gasteiger partial charge in [0.1, 0.15) is 0 Å². The summed E-state index contributed by atoms with van der Waals surface area (Å²) < 4.78 is 2.61. The van der Waals surface area contributed by atoms with Crippen molar-refractivity contribution in [3.8, 4) is 0 Å². The molecule has 0 amide bonds. The van der Waals surface area contributed by atoms with E-state index < -0.39 is 0 Å². The van der Waals surface area contributed by atoms with Crippen LogP contribution >= 0.6 is 24.8 Å². The van der Waals surface area contributed by atoms with Crippen molar-refractivity contribution in [3.63, 3.8) is 0 Å². The molecular formula is C29H35Cl2N3. The highest BCUT2D eigenvalue weighted by Gasteiger charge is 2.22. The van der Waals surface area contributed by atoms with E-state index in [1.807, 2.05) is 0 Å². The van der Waals surface area contributed by atoms with Gasteiger partial charge in [-0.2, -0.15) is 0 Å². The van der Waals surface area contributed by atoms with Crippen LogP contribution in [0.25, 0.3) is 10.9 Å². The predicted octanol–water partition coefficient (Wildman–Crippen LogP) is 6.48. The Hall–Kier alpha value is -2.30. The van der Waals surface area contributed by atoms with Gasteiger partial charge in [0.15, 0.2) is 0 Å². The topological polar surface area (TPSA) is 11.4 Å². The molecule has 2 heterocycles. The van der Waals surface area contributed by atoms with Crippen LogP contribution in [0.4, 0.5) is 0 Å². The fraction of sp³-hybridized carbons (Fsp3) is 0.310. The zero-order chi connectivity index (χ0) is 21.9. The lowest BCUT2D eigenvalue weighted by Crippen LogP contribution is -2.30. The number of fused-ring (bicyclic) bond motifs is 3. The van der Waals surface area contributed by atoms with Crippen LogP contribution in [0.5, 0.6) is 0 Å². The largest absolute Gasteiger partial charge is 0.343 e. The Morgan fingerprint density at radius 3 is 2.06 bits per heavy atom. The van der Waals surface area contributed by atoms with Crippen molar-refractivity contribution in [2.75, 3.05) is 20.1 Å². The van der Waals surface area contributed by atoms with Crippen molar-refractivity contribution in [1.82, 2.24) is 14.4 Å². The van der Waals surface area contributed by atoms with Crippen LogP contribution in [-0.2, 0) is 32.6 Å². The van der Waals surface area contributed by atoms with Crippen LogP contribution in [0.2, 0.25) is 0 Å². The fourth-order valence-electron chi connectivity index (χ4n) is 5.09. The van der Waals surface area contributed by atoms with E-state index in [0.717, 1.165) is 45.7 Å². The van der Waals surface area contributed by atoms with Gasteiger partial charge in [-0.3, -0.25) is 4.90 Å². The highest BCUT2D eigenvalue weighted by Crippen LogP contribution is 2.31. The van der Waals surface area contributed by atoms with Crippen molar-refractivity contribution in [3.05, 3.63) is 107 Å². The Balaban J connectivity index is 0.00000162. The summed E-state index contributed by atoms with van der Waals surface area (Å²) in [5.41, 5.74) is 8.58. The third-order valence-corrected chi connectivity index (χ3v) is 6.74. The van der Waals surface area contributed by atoms with Gasteiger partial charge in [-0.25, -0.2) is 0 Å². The molecule has 0 spiro atoms. The lowest BCUT2D eigenvalue weighted by Gasteiger charge is -2.26. The standard InChI is InChI=1S/C29H33N3.2ClH/c1-23-13-14-28-26(19-23)27-22-30(2)16-15-29(27)32(28)18-17-31(20-24-9-5-3-6-10-24)21-25-11-7-4-8-12-25;;/h3-14,19H,15-18,20-22H2,1-2H3;2*1H. The van der Waals surface area contributed by atoms with Gasteiger partial charge >= 0.3 is 0 Å². The summed E-state index contributed by atoms with van der Waals surface area (Å²) in [5.74, 6) is 0. The number of hydrogen-bond acceptors (Lipinski definition) is 2. The number of likely N-dealkylation sites (N-methyl/N-ethyl adjacent to an activating group) is 1. The molecule has 1 aromatic heterocycles.